The van der Waals surface area contributed by atoms with Crippen LogP contribution in [0.5, 0.6) is 5.75 Å². The number of carbonyl (C=O) groups is 2. The highest BCUT2D eigenvalue weighted by Crippen LogP contribution is 2.26. The Bertz CT molecular complexity index is 708. The van der Waals surface area contributed by atoms with Gasteiger partial charge in [-0.1, -0.05) is 11.6 Å². The van der Waals surface area contributed by atoms with Crippen molar-refractivity contribution < 1.29 is 19.4 Å². The van der Waals surface area contributed by atoms with Gasteiger partial charge in [0.1, 0.15) is 5.75 Å². The van der Waals surface area contributed by atoms with Crippen LogP contribution in [0.4, 0.5) is 0 Å². The molecule has 0 saturated carbocycles. The highest BCUT2D eigenvalue weighted by molar-refractivity contribution is 6.32. The molecule has 1 aromatic carbocycles. The number of hydrogen-bond donors (Lipinski definition) is 1. The standard InChI is InChI=1S/C14H11ClN2O4/c1-7-5-9(6-8(2)10(7)15)21-14(20)12-11(13(18)19)16-3-4-17-12/h3-6H,1-2H3,(H,18,19). The Labute approximate surface area is 125 Å². The summed E-state index contributed by atoms with van der Waals surface area (Å²) in [4.78, 5) is 30.4. The van der Waals surface area contributed by atoms with Crippen LogP contribution in [0.2, 0.25) is 5.02 Å². The van der Waals surface area contributed by atoms with E-state index in [2.05, 4.69) is 9.97 Å². The largest absolute Gasteiger partial charge is 0.476 e. The number of hydrogen-bond acceptors (Lipinski definition) is 5. The molecule has 2 rings (SSSR count). The summed E-state index contributed by atoms with van der Waals surface area (Å²) in [6.45, 7) is 3.55. The number of halogens is 1. The average molecular weight is 307 g/mol. The zero-order valence-corrected chi connectivity index (χ0v) is 12.0. The molecule has 0 atom stereocenters. The topological polar surface area (TPSA) is 89.4 Å². The van der Waals surface area contributed by atoms with Crippen LogP contribution in [0.25, 0.3) is 0 Å². The summed E-state index contributed by atoms with van der Waals surface area (Å²) in [5.74, 6) is -1.97. The van der Waals surface area contributed by atoms with Crippen molar-refractivity contribution in [2.75, 3.05) is 0 Å². The summed E-state index contributed by atoms with van der Waals surface area (Å²) in [6.07, 6.45) is 2.41. The van der Waals surface area contributed by atoms with Crippen LogP contribution in [0.3, 0.4) is 0 Å². The van der Waals surface area contributed by atoms with Crippen LogP contribution in [0, 0.1) is 13.8 Å². The molecule has 0 bridgehead atoms. The fraction of sp³-hybridized carbons (Fsp3) is 0.143. The number of carboxylic acids is 1. The molecule has 0 saturated heterocycles. The van der Waals surface area contributed by atoms with Crippen molar-refractivity contribution in [1.82, 2.24) is 9.97 Å². The molecule has 1 aromatic heterocycles. The van der Waals surface area contributed by atoms with Crippen molar-refractivity contribution >= 4 is 23.5 Å². The molecule has 7 heteroatoms. The maximum Gasteiger partial charge on any atom is 0.364 e. The number of nitrogens with zero attached hydrogens (tertiary/aromatic N) is 2. The molecule has 0 aliphatic rings. The second kappa shape index (κ2) is 5.88. The third kappa shape index (κ3) is 3.17. The molecule has 21 heavy (non-hydrogen) atoms. The van der Waals surface area contributed by atoms with E-state index in [1.165, 1.54) is 12.4 Å². The number of aromatic nitrogens is 2. The number of benzene rings is 1. The van der Waals surface area contributed by atoms with Crippen LogP contribution in [0.1, 0.15) is 32.1 Å². The van der Waals surface area contributed by atoms with Crippen molar-refractivity contribution in [3.05, 3.63) is 52.1 Å². The molecule has 6 nitrogen and oxygen atoms in total. The van der Waals surface area contributed by atoms with E-state index in [1.807, 2.05) is 0 Å². The Kier molecular flexibility index (Phi) is 4.18. The van der Waals surface area contributed by atoms with Crippen LogP contribution in [0.15, 0.2) is 24.5 Å². The normalized spacial score (nSPS) is 10.2. The molecule has 0 spiro atoms. The van der Waals surface area contributed by atoms with Gasteiger partial charge >= 0.3 is 11.9 Å². The minimum atomic E-state index is -1.35. The molecular formula is C14H11ClN2O4. The first-order valence-electron chi connectivity index (χ1n) is 5.93. The van der Waals surface area contributed by atoms with Crippen molar-refractivity contribution in [2.45, 2.75) is 13.8 Å². The second-order valence-corrected chi connectivity index (χ2v) is 4.70. The van der Waals surface area contributed by atoms with E-state index in [-0.39, 0.29) is 11.4 Å². The summed E-state index contributed by atoms with van der Waals surface area (Å²) in [5, 5.41) is 9.56. The number of carbonyl (C=O) groups excluding carboxylic acids is 1. The van der Waals surface area contributed by atoms with Crippen LogP contribution >= 0.6 is 11.6 Å². The molecule has 0 aliphatic carbocycles. The summed E-state index contributed by atoms with van der Waals surface area (Å²) in [6, 6.07) is 3.17. The highest BCUT2D eigenvalue weighted by Gasteiger charge is 2.21. The van der Waals surface area contributed by atoms with Gasteiger partial charge in [0.05, 0.1) is 0 Å². The van der Waals surface area contributed by atoms with Crippen molar-refractivity contribution in [3.8, 4) is 5.75 Å². The number of aromatic carboxylic acids is 1. The maximum atomic E-state index is 12.0. The fourth-order valence-corrected chi connectivity index (χ4v) is 1.87. The highest BCUT2D eigenvalue weighted by atomic mass is 35.5. The van der Waals surface area contributed by atoms with Crippen LogP contribution in [-0.4, -0.2) is 27.0 Å². The lowest BCUT2D eigenvalue weighted by atomic mass is 10.1. The average Bonchev–Trinajstić information content (AvgIpc) is 2.44. The predicted octanol–water partition coefficient (Wildman–Crippen LogP) is 2.66. The first-order chi connectivity index (χ1) is 9.90. The molecule has 0 unspecified atom stereocenters. The first kappa shape index (κ1) is 14.9. The quantitative estimate of drug-likeness (QED) is 0.692. The number of ether oxygens (including phenoxy) is 1. The molecule has 0 amide bonds. The fourth-order valence-electron chi connectivity index (χ4n) is 1.76. The Morgan fingerprint density at radius 1 is 1.10 bits per heavy atom. The van der Waals surface area contributed by atoms with Gasteiger partial charge in [-0.25, -0.2) is 19.6 Å². The van der Waals surface area contributed by atoms with Gasteiger partial charge in [-0.15, -0.1) is 0 Å². The van der Waals surface area contributed by atoms with E-state index in [1.54, 1.807) is 26.0 Å². The van der Waals surface area contributed by atoms with E-state index >= 15 is 0 Å². The molecule has 0 radical (unpaired) electrons. The monoisotopic (exact) mass is 306 g/mol. The van der Waals surface area contributed by atoms with E-state index in [0.717, 1.165) is 11.1 Å². The van der Waals surface area contributed by atoms with Crippen molar-refractivity contribution in [3.63, 3.8) is 0 Å². The van der Waals surface area contributed by atoms with Gasteiger partial charge in [0.15, 0.2) is 11.4 Å². The van der Waals surface area contributed by atoms with Gasteiger partial charge in [-0.05, 0) is 37.1 Å². The Balaban J connectivity index is 2.33. The molecule has 0 fully saturated rings. The molecule has 1 N–H and O–H groups in total. The van der Waals surface area contributed by atoms with E-state index < -0.39 is 17.6 Å². The summed E-state index contributed by atoms with van der Waals surface area (Å²) in [7, 11) is 0. The third-order valence-corrected chi connectivity index (χ3v) is 3.31. The molecule has 0 aliphatic heterocycles. The number of esters is 1. The minimum absolute atomic E-state index is 0.265. The van der Waals surface area contributed by atoms with Crippen molar-refractivity contribution in [1.29, 1.82) is 0 Å². The lowest BCUT2D eigenvalue weighted by molar-refractivity contribution is 0.0657. The molecule has 1 heterocycles. The van der Waals surface area contributed by atoms with E-state index in [0.29, 0.717) is 5.02 Å². The van der Waals surface area contributed by atoms with Gasteiger partial charge < -0.3 is 9.84 Å². The van der Waals surface area contributed by atoms with Gasteiger partial charge in [-0.2, -0.15) is 0 Å². The van der Waals surface area contributed by atoms with Gasteiger partial charge in [-0.3, -0.25) is 0 Å². The Morgan fingerprint density at radius 2 is 1.62 bits per heavy atom. The molecule has 108 valence electrons. The number of aryl methyl sites for hydroxylation is 2. The minimum Gasteiger partial charge on any atom is -0.476 e. The molecular weight excluding hydrogens is 296 g/mol. The SMILES string of the molecule is Cc1cc(OC(=O)c2nccnc2C(=O)O)cc(C)c1Cl. The van der Waals surface area contributed by atoms with E-state index in [4.69, 9.17) is 21.4 Å². The smallest absolute Gasteiger partial charge is 0.364 e. The lowest BCUT2D eigenvalue weighted by Crippen LogP contribution is -2.17. The van der Waals surface area contributed by atoms with Crippen molar-refractivity contribution in [2.24, 2.45) is 0 Å². The molecule has 2 aromatic rings. The zero-order valence-electron chi connectivity index (χ0n) is 11.3. The third-order valence-electron chi connectivity index (χ3n) is 2.71. The lowest BCUT2D eigenvalue weighted by Gasteiger charge is -2.09. The zero-order chi connectivity index (χ0) is 15.6. The Morgan fingerprint density at radius 3 is 2.14 bits per heavy atom. The summed E-state index contributed by atoms with van der Waals surface area (Å²) in [5.41, 5.74) is 0.689. The van der Waals surface area contributed by atoms with Gasteiger partial charge in [0, 0.05) is 17.4 Å². The number of rotatable bonds is 3. The van der Waals surface area contributed by atoms with Gasteiger partial charge in [0.2, 0.25) is 0 Å². The van der Waals surface area contributed by atoms with Gasteiger partial charge in [0.25, 0.3) is 0 Å². The first-order valence-corrected chi connectivity index (χ1v) is 6.31. The Hall–Kier alpha value is -2.47. The van der Waals surface area contributed by atoms with Crippen LogP contribution < -0.4 is 4.74 Å². The predicted molar refractivity (Wildman–Crippen MR) is 74.9 cm³/mol. The second-order valence-electron chi connectivity index (χ2n) is 4.32. The summed E-state index contributed by atoms with van der Waals surface area (Å²) < 4.78 is 5.14. The number of carboxylic acid groups (broad SMARTS) is 1. The van der Waals surface area contributed by atoms with E-state index in [9.17, 15) is 9.59 Å². The summed E-state index contributed by atoms with van der Waals surface area (Å²) >= 11 is 6.03. The van der Waals surface area contributed by atoms with Crippen LogP contribution in [-0.2, 0) is 0 Å². The maximum absolute atomic E-state index is 12.0.